The van der Waals surface area contributed by atoms with Crippen LogP contribution in [0, 0.1) is 0 Å². The molecule has 160 valence electrons. The highest BCUT2D eigenvalue weighted by molar-refractivity contribution is 5.75. The molecule has 1 atom stereocenters. The fourth-order valence-electron chi connectivity index (χ4n) is 3.30. The summed E-state index contributed by atoms with van der Waals surface area (Å²) in [5.41, 5.74) is 0.370. The van der Waals surface area contributed by atoms with Crippen LogP contribution < -0.4 is 20.1 Å². The van der Waals surface area contributed by atoms with E-state index in [0.717, 1.165) is 12.1 Å². The second kappa shape index (κ2) is 8.77. The molecule has 29 heavy (non-hydrogen) atoms. The Morgan fingerprint density at radius 2 is 1.93 bits per heavy atom. The second-order valence-electron chi connectivity index (χ2n) is 8.34. The number of ether oxygens (including phenoxy) is 3. The van der Waals surface area contributed by atoms with Gasteiger partial charge in [0.1, 0.15) is 5.60 Å². The highest BCUT2D eigenvalue weighted by Crippen LogP contribution is 2.32. The molecule has 0 bridgehead atoms. The molecule has 0 spiro atoms. The molecule has 1 fully saturated rings. The molecule has 9 nitrogen and oxygen atoms in total. The zero-order chi connectivity index (χ0) is 21.0. The van der Waals surface area contributed by atoms with Gasteiger partial charge >= 0.3 is 12.1 Å². The Bertz CT molecular complexity index is 749. The van der Waals surface area contributed by atoms with Crippen molar-refractivity contribution in [3.05, 3.63) is 23.8 Å². The molecule has 2 aliphatic rings. The lowest BCUT2D eigenvalue weighted by molar-refractivity contribution is 0.0486. The SMILES string of the molecule is CN1CCN(C(=O)NCc2ccc3c(c2)OCO3)[C@@H](CNC(=O)OC(C)(C)C)C1. The molecule has 2 heterocycles. The standard InChI is InChI=1S/C20H30N4O5/c1-20(2,3)29-19(26)22-11-15-12-23(4)7-8-24(15)18(25)21-10-14-5-6-16-17(9-14)28-13-27-16/h5-6,9,15H,7-8,10-13H2,1-4H3,(H,21,25)(H,22,26)/t15-/m0/s1. The van der Waals surface area contributed by atoms with Gasteiger partial charge in [-0.2, -0.15) is 0 Å². The van der Waals surface area contributed by atoms with Crippen LogP contribution in [-0.2, 0) is 11.3 Å². The van der Waals surface area contributed by atoms with E-state index >= 15 is 0 Å². The summed E-state index contributed by atoms with van der Waals surface area (Å²) < 4.78 is 16.0. The fraction of sp³-hybridized carbons (Fsp3) is 0.600. The Morgan fingerprint density at radius 3 is 2.69 bits per heavy atom. The second-order valence-corrected chi connectivity index (χ2v) is 8.34. The molecular formula is C20H30N4O5. The molecule has 1 saturated heterocycles. The van der Waals surface area contributed by atoms with Crippen LogP contribution in [0.4, 0.5) is 9.59 Å². The van der Waals surface area contributed by atoms with Crippen molar-refractivity contribution in [1.82, 2.24) is 20.4 Å². The Hall–Kier alpha value is -2.68. The number of fused-ring (bicyclic) bond motifs is 1. The van der Waals surface area contributed by atoms with Gasteiger partial charge in [-0.1, -0.05) is 6.07 Å². The van der Waals surface area contributed by atoms with Crippen LogP contribution in [0.15, 0.2) is 18.2 Å². The van der Waals surface area contributed by atoms with Crippen LogP contribution in [0.1, 0.15) is 26.3 Å². The van der Waals surface area contributed by atoms with Gasteiger partial charge in [0.05, 0.1) is 6.04 Å². The van der Waals surface area contributed by atoms with Crippen molar-refractivity contribution < 1.29 is 23.8 Å². The predicted molar refractivity (Wildman–Crippen MR) is 107 cm³/mol. The number of carbonyl (C=O) groups excluding carboxylic acids is 2. The fourth-order valence-corrected chi connectivity index (χ4v) is 3.30. The Balaban J connectivity index is 1.54. The molecule has 0 saturated carbocycles. The first-order valence-corrected chi connectivity index (χ1v) is 9.79. The normalized spacial score (nSPS) is 19.0. The number of benzene rings is 1. The third-order valence-corrected chi connectivity index (χ3v) is 4.71. The number of nitrogens with one attached hydrogen (secondary N) is 2. The van der Waals surface area contributed by atoms with E-state index in [0.29, 0.717) is 37.7 Å². The molecular weight excluding hydrogens is 376 g/mol. The average Bonchev–Trinajstić information content (AvgIpc) is 3.11. The summed E-state index contributed by atoms with van der Waals surface area (Å²) >= 11 is 0. The minimum Gasteiger partial charge on any atom is -0.454 e. The average molecular weight is 406 g/mol. The molecule has 2 N–H and O–H groups in total. The van der Waals surface area contributed by atoms with Gasteiger partial charge in [0.2, 0.25) is 6.79 Å². The Labute approximate surface area is 171 Å². The number of carbonyl (C=O) groups is 2. The van der Waals surface area contributed by atoms with Crippen molar-refractivity contribution in [2.24, 2.45) is 0 Å². The van der Waals surface area contributed by atoms with E-state index in [9.17, 15) is 9.59 Å². The Morgan fingerprint density at radius 1 is 1.17 bits per heavy atom. The maximum atomic E-state index is 12.8. The van der Waals surface area contributed by atoms with E-state index < -0.39 is 11.7 Å². The maximum Gasteiger partial charge on any atom is 0.407 e. The summed E-state index contributed by atoms with van der Waals surface area (Å²) in [6.07, 6.45) is -0.480. The lowest BCUT2D eigenvalue weighted by Gasteiger charge is -2.40. The van der Waals surface area contributed by atoms with E-state index in [-0.39, 0.29) is 18.9 Å². The van der Waals surface area contributed by atoms with E-state index in [1.807, 2.05) is 46.0 Å². The monoisotopic (exact) mass is 406 g/mol. The van der Waals surface area contributed by atoms with Crippen LogP contribution in [0.5, 0.6) is 11.5 Å². The molecule has 3 rings (SSSR count). The first-order valence-electron chi connectivity index (χ1n) is 9.79. The van der Waals surface area contributed by atoms with Crippen LogP contribution in [0.25, 0.3) is 0 Å². The topological polar surface area (TPSA) is 92.4 Å². The van der Waals surface area contributed by atoms with Gasteiger partial charge < -0.3 is 34.6 Å². The number of likely N-dealkylation sites (N-methyl/N-ethyl adjacent to an activating group) is 1. The van der Waals surface area contributed by atoms with Gasteiger partial charge in [0.25, 0.3) is 0 Å². The first kappa shape index (κ1) is 21.0. The summed E-state index contributed by atoms with van der Waals surface area (Å²) in [5.74, 6) is 1.41. The van der Waals surface area contributed by atoms with Gasteiger partial charge in [-0.05, 0) is 45.5 Å². The van der Waals surface area contributed by atoms with Crippen LogP contribution >= 0.6 is 0 Å². The summed E-state index contributed by atoms with van der Waals surface area (Å²) in [7, 11) is 2.00. The number of rotatable bonds is 4. The highest BCUT2D eigenvalue weighted by atomic mass is 16.7. The lowest BCUT2D eigenvalue weighted by Crippen LogP contribution is -2.60. The molecule has 1 aromatic rings. The molecule has 0 aliphatic carbocycles. The quantitative estimate of drug-likeness (QED) is 0.792. The molecule has 9 heteroatoms. The summed E-state index contributed by atoms with van der Waals surface area (Å²) in [4.78, 5) is 28.7. The minimum atomic E-state index is -0.560. The largest absolute Gasteiger partial charge is 0.454 e. The smallest absolute Gasteiger partial charge is 0.407 e. The van der Waals surface area contributed by atoms with Crippen LogP contribution in [-0.4, -0.2) is 73.6 Å². The third-order valence-electron chi connectivity index (χ3n) is 4.71. The zero-order valence-electron chi connectivity index (χ0n) is 17.5. The molecule has 0 aromatic heterocycles. The van der Waals surface area contributed by atoms with Crippen molar-refractivity contribution in [1.29, 1.82) is 0 Å². The molecule has 3 amide bonds. The number of amides is 3. The molecule has 0 radical (unpaired) electrons. The van der Waals surface area contributed by atoms with E-state index in [1.165, 1.54) is 0 Å². The number of hydrogen-bond acceptors (Lipinski definition) is 6. The van der Waals surface area contributed by atoms with E-state index in [4.69, 9.17) is 14.2 Å². The van der Waals surface area contributed by atoms with Crippen molar-refractivity contribution in [2.75, 3.05) is 40.0 Å². The molecule has 2 aliphatic heterocycles. The first-order chi connectivity index (χ1) is 13.7. The number of hydrogen-bond donors (Lipinski definition) is 2. The van der Waals surface area contributed by atoms with Crippen molar-refractivity contribution in [3.63, 3.8) is 0 Å². The Kier molecular flexibility index (Phi) is 6.36. The van der Waals surface area contributed by atoms with Crippen LogP contribution in [0.3, 0.4) is 0 Å². The van der Waals surface area contributed by atoms with Gasteiger partial charge in [-0.3, -0.25) is 0 Å². The zero-order valence-corrected chi connectivity index (χ0v) is 17.5. The van der Waals surface area contributed by atoms with Crippen molar-refractivity contribution in [3.8, 4) is 11.5 Å². The summed E-state index contributed by atoms with van der Waals surface area (Å²) in [6.45, 7) is 8.42. The molecule has 1 aromatic carbocycles. The number of nitrogens with zero attached hydrogens (tertiary/aromatic N) is 2. The summed E-state index contributed by atoms with van der Waals surface area (Å²) in [6, 6.07) is 5.31. The number of urea groups is 1. The third kappa shape index (κ3) is 5.90. The van der Waals surface area contributed by atoms with Crippen molar-refractivity contribution in [2.45, 2.75) is 39.0 Å². The molecule has 0 unspecified atom stereocenters. The highest BCUT2D eigenvalue weighted by Gasteiger charge is 2.30. The minimum absolute atomic E-state index is 0.141. The lowest BCUT2D eigenvalue weighted by atomic mass is 10.1. The van der Waals surface area contributed by atoms with Crippen molar-refractivity contribution >= 4 is 12.1 Å². The number of alkyl carbamates (subject to hydrolysis) is 1. The van der Waals surface area contributed by atoms with Gasteiger partial charge in [0, 0.05) is 32.7 Å². The van der Waals surface area contributed by atoms with Crippen LogP contribution in [0.2, 0.25) is 0 Å². The van der Waals surface area contributed by atoms with Gasteiger partial charge in [-0.25, -0.2) is 9.59 Å². The number of piperazine rings is 1. The van der Waals surface area contributed by atoms with E-state index in [2.05, 4.69) is 15.5 Å². The summed E-state index contributed by atoms with van der Waals surface area (Å²) in [5, 5.41) is 5.74. The predicted octanol–water partition coefficient (Wildman–Crippen LogP) is 1.77. The maximum absolute atomic E-state index is 12.8. The van der Waals surface area contributed by atoms with Gasteiger partial charge in [0.15, 0.2) is 11.5 Å². The van der Waals surface area contributed by atoms with E-state index in [1.54, 1.807) is 4.90 Å². The van der Waals surface area contributed by atoms with Gasteiger partial charge in [-0.15, -0.1) is 0 Å².